The van der Waals surface area contributed by atoms with Crippen LogP contribution < -0.4 is 0 Å². The van der Waals surface area contributed by atoms with Gasteiger partial charge in [-0.25, -0.2) is 4.98 Å². The summed E-state index contributed by atoms with van der Waals surface area (Å²) in [5, 5.41) is 4.81. The summed E-state index contributed by atoms with van der Waals surface area (Å²) in [6.07, 6.45) is 0. The average molecular weight is 750 g/mol. The van der Waals surface area contributed by atoms with E-state index in [-0.39, 0.29) is 10.8 Å². The first-order valence-corrected chi connectivity index (χ1v) is 20.3. The predicted octanol–water partition coefficient (Wildman–Crippen LogP) is 13.3. The molecule has 0 spiro atoms. The van der Waals surface area contributed by atoms with Crippen LogP contribution in [0.25, 0.3) is 89.2 Å². The zero-order valence-corrected chi connectivity index (χ0v) is 33.4. The Morgan fingerprint density at radius 3 is 1.62 bits per heavy atom. The van der Waals surface area contributed by atoms with E-state index in [1.807, 2.05) is 24.3 Å². The number of aromatic nitrogens is 5. The van der Waals surface area contributed by atoms with Crippen molar-refractivity contribution in [2.75, 3.05) is 0 Å². The Kier molecular flexibility index (Phi) is 7.46. The molecule has 0 bridgehead atoms. The molecule has 5 heteroatoms. The fourth-order valence-electron chi connectivity index (χ4n) is 10.1. The van der Waals surface area contributed by atoms with Gasteiger partial charge in [-0.15, -0.1) is 0 Å². The Bertz CT molecular complexity index is 3240. The Hall–Kier alpha value is -6.85. The second-order valence-electron chi connectivity index (χ2n) is 17.0. The van der Waals surface area contributed by atoms with Gasteiger partial charge in [-0.1, -0.05) is 162 Å². The maximum atomic E-state index is 5.31. The molecule has 0 fully saturated rings. The van der Waals surface area contributed by atoms with Crippen LogP contribution in [0.5, 0.6) is 0 Å². The van der Waals surface area contributed by atoms with E-state index in [1.165, 1.54) is 44.0 Å². The summed E-state index contributed by atoms with van der Waals surface area (Å²) in [6.45, 7) is 12.1. The van der Waals surface area contributed by atoms with Gasteiger partial charge in [-0.3, -0.25) is 4.57 Å². The molecule has 0 saturated heterocycles. The molecule has 1 aliphatic carbocycles. The SMILES string of the molecule is CC1C(C)(C)c2cccc(-n3c4ccccc4c4c5c6ccccc6n(-c6nc(-c7ccccc7)nc(-c7cccc(-c8ccccc8)c7)n6)c5ccc43)c2C1(C)C. The lowest BCUT2D eigenvalue weighted by atomic mass is 9.71. The summed E-state index contributed by atoms with van der Waals surface area (Å²) < 4.78 is 4.77. The normalized spacial score (nSPS) is 15.8. The first-order valence-electron chi connectivity index (χ1n) is 20.3. The lowest BCUT2D eigenvalue weighted by Crippen LogP contribution is -2.31. The Morgan fingerprint density at radius 1 is 0.431 bits per heavy atom. The van der Waals surface area contributed by atoms with Gasteiger partial charge in [0.1, 0.15) is 0 Å². The van der Waals surface area contributed by atoms with E-state index in [4.69, 9.17) is 15.0 Å². The number of hydrogen-bond acceptors (Lipinski definition) is 3. The quantitative estimate of drug-likeness (QED) is 0.176. The highest BCUT2D eigenvalue weighted by molar-refractivity contribution is 6.28. The van der Waals surface area contributed by atoms with Gasteiger partial charge in [0.25, 0.3) is 0 Å². The molecule has 0 radical (unpaired) electrons. The molecule has 11 rings (SSSR count). The van der Waals surface area contributed by atoms with Crippen LogP contribution in [-0.4, -0.2) is 24.1 Å². The van der Waals surface area contributed by atoms with Crippen LogP contribution in [0.3, 0.4) is 0 Å². The second-order valence-corrected chi connectivity index (χ2v) is 17.0. The summed E-state index contributed by atoms with van der Waals surface area (Å²) in [5.74, 6) is 2.32. The first-order chi connectivity index (χ1) is 28.2. The zero-order chi connectivity index (χ0) is 39.3. The van der Waals surface area contributed by atoms with Gasteiger partial charge in [0.05, 0.1) is 27.8 Å². The number of rotatable bonds is 5. The highest BCUT2D eigenvalue weighted by atomic mass is 15.2. The lowest BCUT2D eigenvalue weighted by Gasteiger charge is -2.33. The summed E-state index contributed by atoms with van der Waals surface area (Å²) in [6, 6.07) is 58.3. The van der Waals surface area contributed by atoms with E-state index in [9.17, 15) is 0 Å². The maximum Gasteiger partial charge on any atom is 0.238 e. The summed E-state index contributed by atoms with van der Waals surface area (Å²) in [4.78, 5) is 15.7. The molecule has 1 aliphatic rings. The van der Waals surface area contributed by atoms with E-state index in [1.54, 1.807) is 0 Å². The molecule has 1 unspecified atom stereocenters. The van der Waals surface area contributed by atoms with Gasteiger partial charge in [-0.2, -0.15) is 9.97 Å². The third-order valence-electron chi connectivity index (χ3n) is 13.3. The van der Waals surface area contributed by atoms with Gasteiger partial charge in [-0.05, 0) is 75.4 Å². The van der Waals surface area contributed by atoms with Crippen molar-refractivity contribution in [3.63, 3.8) is 0 Å². The third-order valence-corrected chi connectivity index (χ3v) is 13.3. The minimum absolute atomic E-state index is 0.0132. The smallest absolute Gasteiger partial charge is 0.238 e. The van der Waals surface area contributed by atoms with Crippen LogP contribution in [-0.2, 0) is 10.8 Å². The molecule has 5 nitrogen and oxygen atoms in total. The Balaban J connectivity index is 1.20. The van der Waals surface area contributed by atoms with Crippen LogP contribution in [0.4, 0.5) is 0 Å². The average Bonchev–Trinajstić information content (AvgIpc) is 3.83. The Morgan fingerprint density at radius 2 is 0.948 bits per heavy atom. The van der Waals surface area contributed by atoms with Gasteiger partial charge in [0.2, 0.25) is 5.95 Å². The molecule has 3 aromatic heterocycles. The van der Waals surface area contributed by atoms with E-state index in [0.717, 1.165) is 38.7 Å². The van der Waals surface area contributed by atoms with Crippen LogP contribution in [0.1, 0.15) is 45.7 Å². The van der Waals surface area contributed by atoms with E-state index in [2.05, 4.69) is 183 Å². The van der Waals surface area contributed by atoms with Gasteiger partial charge in [0.15, 0.2) is 11.6 Å². The maximum absolute atomic E-state index is 5.31. The van der Waals surface area contributed by atoms with Crippen LogP contribution in [0.15, 0.2) is 164 Å². The molecular weight excluding hydrogens is 707 g/mol. The van der Waals surface area contributed by atoms with Crippen molar-refractivity contribution in [1.29, 1.82) is 0 Å². The fraction of sp³-hybridized carbons (Fsp3) is 0.151. The van der Waals surface area contributed by atoms with E-state index in [0.29, 0.717) is 23.5 Å². The molecule has 0 N–H and O–H groups in total. The topological polar surface area (TPSA) is 48.5 Å². The van der Waals surface area contributed by atoms with Crippen LogP contribution in [0.2, 0.25) is 0 Å². The third kappa shape index (κ3) is 4.92. The van der Waals surface area contributed by atoms with Crippen molar-refractivity contribution < 1.29 is 0 Å². The number of para-hydroxylation sites is 2. The van der Waals surface area contributed by atoms with E-state index >= 15 is 0 Å². The minimum Gasteiger partial charge on any atom is -0.309 e. The van der Waals surface area contributed by atoms with Crippen molar-refractivity contribution in [2.24, 2.45) is 5.92 Å². The fourth-order valence-corrected chi connectivity index (χ4v) is 10.1. The standard InChI is InChI=1S/C53H43N5/c1-33-52(2,3)40-26-17-29-45(48(40)53(33,4)5)57-41-27-14-12-24-38(41)46-43(57)30-31-44-47(46)39-25-13-15-28-42(39)58(44)51-55-49(35-20-10-7-11-21-35)54-50(56-51)37-23-16-22-36(32-37)34-18-8-6-9-19-34/h6-33H,1-5H3. The van der Waals surface area contributed by atoms with E-state index < -0.39 is 0 Å². The molecule has 1 atom stereocenters. The van der Waals surface area contributed by atoms with Crippen molar-refractivity contribution in [2.45, 2.75) is 45.4 Å². The molecule has 58 heavy (non-hydrogen) atoms. The molecule has 0 amide bonds. The molecule has 0 saturated carbocycles. The van der Waals surface area contributed by atoms with Gasteiger partial charge in [0, 0.05) is 32.7 Å². The molecular formula is C53H43N5. The van der Waals surface area contributed by atoms with Crippen molar-refractivity contribution in [3.8, 4) is 45.5 Å². The molecule has 7 aromatic carbocycles. The summed E-state index contributed by atoms with van der Waals surface area (Å²) >= 11 is 0. The molecule has 280 valence electrons. The largest absolute Gasteiger partial charge is 0.309 e. The lowest BCUT2D eigenvalue weighted by molar-refractivity contribution is 0.264. The van der Waals surface area contributed by atoms with Crippen molar-refractivity contribution >= 4 is 43.6 Å². The predicted molar refractivity (Wildman–Crippen MR) is 240 cm³/mol. The summed E-state index contributed by atoms with van der Waals surface area (Å²) in [7, 11) is 0. The van der Waals surface area contributed by atoms with Gasteiger partial charge >= 0.3 is 0 Å². The van der Waals surface area contributed by atoms with Gasteiger partial charge < -0.3 is 4.57 Å². The van der Waals surface area contributed by atoms with Crippen LogP contribution >= 0.6 is 0 Å². The highest BCUT2D eigenvalue weighted by Crippen LogP contribution is 2.56. The number of hydrogen-bond donors (Lipinski definition) is 0. The number of nitrogens with zero attached hydrogens (tertiary/aromatic N) is 5. The molecule has 0 aliphatic heterocycles. The first kappa shape index (κ1) is 34.4. The Labute approximate surface area is 338 Å². The molecule has 10 aromatic rings. The second kappa shape index (κ2) is 12.6. The number of fused-ring (bicyclic) bond motifs is 8. The van der Waals surface area contributed by atoms with Crippen LogP contribution in [0, 0.1) is 5.92 Å². The van der Waals surface area contributed by atoms with Crippen molar-refractivity contribution in [3.05, 3.63) is 175 Å². The van der Waals surface area contributed by atoms with Crippen molar-refractivity contribution in [1.82, 2.24) is 24.1 Å². The minimum atomic E-state index is -0.0132. The number of benzene rings is 7. The monoisotopic (exact) mass is 749 g/mol. The zero-order valence-electron chi connectivity index (χ0n) is 33.4. The highest BCUT2D eigenvalue weighted by Gasteiger charge is 2.50. The molecule has 3 heterocycles. The summed E-state index contributed by atoms with van der Waals surface area (Å²) in [5.41, 5.74) is 12.8.